The van der Waals surface area contributed by atoms with Crippen LogP contribution in [0.15, 0.2) is 18.2 Å². The van der Waals surface area contributed by atoms with E-state index in [4.69, 9.17) is 11.6 Å². The van der Waals surface area contributed by atoms with E-state index in [0.29, 0.717) is 12.0 Å². The molecule has 1 aromatic rings. The average molecular weight is 283 g/mol. The Hall–Kier alpha value is -0.770. The molecule has 1 aromatic carbocycles. The molecular weight excluding hydrogens is 260 g/mol. The minimum atomic E-state index is 0.274. The molecule has 0 saturated carbocycles. The molecule has 1 saturated heterocycles. The molecule has 0 aliphatic carbocycles. The highest BCUT2D eigenvalue weighted by Gasteiger charge is 2.23. The molecule has 0 amide bonds. The van der Waals surface area contributed by atoms with Gasteiger partial charge in [-0.1, -0.05) is 31.5 Å². The van der Waals surface area contributed by atoms with Crippen LogP contribution in [0.4, 0.5) is 5.69 Å². The van der Waals surface area contributed by atoms with Gasteiger partial charge in [-0.2, -0.15) is 0 Å². The number of halogens is 1. The molecule has 0 bridgehead atoms. The van der Waals surface area contributed by atoms with Gasteiger partial charge in [0.1, 0.15) is 0 Å². The monoisotopic (exact) mass is 282 g/mol. The predicted molar refractivity (Wildman–Crippen MR) is 80.8 cm³/mol. The van der Waals surface area contributed by atoms with Gasteiger partial charge in [-0.3, -0.25) is 0 Å². The summed E-state index contributed by atoms with van der Waals surface area (Å²) in [6.07, 6.45) is 1.06. The van der Waals surface area contributed by atoms with Gasteiger partial charge >= 0.3 is 0 Å². The van der Waals surface area contributed by atoms with Crippen molar-refractivity contribution in [2.75, 3.05) is 24.6 Å². The predicted octanol–water partition coefficient (Wildman–Crippen LogP) is 2.66. The maximum absolute atomic E-state index is 9.27. The van der Waals surface area contributed by atoms with Crippen molar-refractivity contribution in [3.8, 4) is 0 Å². The molecule has 0 aromatic heterocycles. The second kappa shape index (κ2) is 6.60. The SMILES string of the molecule is CC(C)NCc1ccc(Cl)cc1N1CCC(CO)C1. The summed E-state index contributed by atoms with van der Waals surface area (Å²) in [5, 5.41) is 13.5. The van der Waals surface area contributed by atoms with E-state index < -0.39 is 0 Å². The Bertz CT molecular complexity index is 423. The van der Waals surface area contributed by atoms with Crippen LogP contribution in [0.1, 0.15) is 25.8 Å². The largest absolute Gasteiger partial charge is 0.396 e. The van der Waals surface area contributed by atoms with Crippen molar-refractivity contribution in [1.29, 1.82) is 0 Å². The van der Waals surface area contributed by atoms with E-state index in [1.54, 1.807) is 0 Å². The van der Waals surface area contributed by atoms with E-state index in [9.17, 15) is 5.11 Å². The van der Waals surface area contributed by atoms with Crippen LogP contribution in [-0.4, -0.2) is 30.8 Å². The first-order valence-electron chi connectivity index (χ1n) is 6.97. The molecule has 0 spiro atoms. The van der Waals surface area contributed by atoms with Crippen molar-refractivity contribution >= 4 is 17.3 Å². The van der Waals surface area contributed by atoms with E-state index in [1.807, 2.05) is 12.1 Å². The molecule has 1 fully saturated rings. The Morgan fingerprint density at radius 2 is 2.26 bits per heavy atom. The number of anilines is 1. The summed E-state index contributed by atoms with van der Waals surface area (Å²) in [4.78, 5) is 2.34. The van der Waals surface area contributed by atoms with Gasteiger partial charge in [0, 0.05) is 48.9 Å². The first-order chi connectivity index (χ1) is 9.10. The number of benzene rings is 1. The molecule has 1 heterocycles. The lowest BCUT2D eigenvalue weighted by Crippen LogP contribution is -2.26. The topological polar surface area (TPSA) is 35.5 Å². The first kappa shape index (κ1) is 14.6. The molecule has 1 atom stereocenters. The Kier molecular flexibility index (Phi) is 5.08. The van der Waals surface area contributed by atoms with Gasteiger partial charge < -0.3 is 15.3 Å². The van der Waals surface area contributed by atoms with Crippen molar-refractivity contribution in [2.45, 2.75) is 32.9 Å². The van der Waals surface area contributed by atoms with E-state index in [2.05, 4.69) is 30.1 Å². The van der Waals surface area contributed by atoms with Crippen molar-refractivity contribution in [2.24, 2.45) is 5.92 Å². The number of hydrogen-bond donors (Lipinski definition) is 2. The summed E-state index contributed by atoms with van der Waals surface area (Å²) in [7, 11) is 0. The van der Waals surface area contributed by atoms with Crippen LogP contribution >= 0.6 is 11.6 Å². The number of hydrogen-bond acceptors (Lipinski definition) is 3. The fourth-order valence-corrected chi connectivity index (χ4v) is 2.66. The van der Waals surface area contributed by atoms with Gasteiger partial charge in [0.15, 0.2) is 0 Å². The second-order valence-corrected chi connectivity index (χ2v) is 6.03. The Morgan fingerprint density at radius 1 is 1.47 bits per heavy atom. The lowest BCUT2D eigenvalue weighted by atomic mass is 10.1. The zero-order chi connectivity index (χ0) is 13.8. The molecule has 1 aliphatic rings. The van der Waals surface area contributed by atoms with E-state index in [1.165, 1.54) is 11.3 Å². The minimum Gasteiger partial charge on any atom is -0.396 e. The molecular formula is C15H23ClN2O. The normalized spacial score (nSPS) is 19.4. The lowest BCUT2D eigenvalue weighted by molar-refractivity contribution is 0.238. The summed E-state index contributed by atoms with van der Waals surface area (Å²) in [6, 6.07) is 6.55. The number of rotatable bonds is 5. The molecule has 4 heteroatoms. The van der Waals surface area contributed by atoms with E-state index >= 15 is 0 Å². The molecule has 0 radical (unpaired) electrons. The summed E-state index contributed by atoms with van der Waals surface area (Å²) >= 11 is 6.13. The summed E-state index contributed by atoms with van der Waals surface area (Å²) in [5.74, 6) is 0.393. The van der Waals surface area contributed by atoms with Crippen LogP contribution in [0, 0.1) is 5.92 Å². The molecule has 19 heavy (non-hydrogen) atoms. The number of nitrogens with zero attached hydrogens (tertiary/aromatic N) is 1. The van der Waals surface area contributed by atoms with E-state index in [0.717, 1.165) is 31.1 Å². The van der Waals surface area contributed by atoms with Crippen LogP contribution in [0.3, 0.4) is 0 Å². The van der Waals surface area contributed by atoms with Crippen molar-refractivity contribution < 1.29 is 5.11 Å². The van der Waals surface area contributed by atoms with Crippen LogP contribution in [0.25, 0.3) is 0 Å². The number of aliphatic hydroxyl groups excluding tert-OH is 1. The van der Waals surface area contributed by atoms with Gasteiger partial charge in [0.2, 0.25) is 0 Å². The maximum atomic E-state index is 9.27. The second-order valence-electron chi connectivity index (χ2n) is 5.59. The van der Waals surface area contributed by atoms with Crippen LogP contribution in [-0.2, 0) is 6.54 Å². The smallest absolute Gasteiger partial charge is 0.0476 e. The first-order valence-corrected chi connectivity index (χ1v) is 7.35. The molecule has 1 unspecified atom stereocenters. The maximum Gasteiger partial charge on any atom is 0.0476 e. The third kappa shape index (κ3) is 3.85. The Labute approximate surface area is 120 Å². The Balaban J connectivity index is 2.15. The van der Waals surface area contributed by atoms with Gasteiger partial charge in [-0.05, 0) is 24.1 Å². The number of nitrogens with one attached hydrogen (secondary N) is 1. The fourth-order valence-electron chi connectivity index (χ4n) is 2.50. The quantitative estimate of drug-likeness (QED) is 0.872. The van der Waals surface area contributed by atoms with Gasteiger partial charge in [-0.25, -0.2) is 0 Å². The van der Waals surface area contributed by atoms with Crippen molar-refractivity contribution in [3.05, 3.63) is 28.8 Å². The highest BCUT2D eigenvalue weighted by Crippen LogP contribution is 2.29. The third-order valence-electron chi connectivity index (χ3n) is 3.63. The summed E-state index contributed by atoms with van der Waals surface area (Å²) in [5.41, 5.74) is 2.48. The Morgan fingerprint density at radius 3 is 2.89 bits per heavy atom. The van der Waals surface area contributed by atoms with Gasteiger partial charge in [0.05, 0.1) is 0 Å². The fraction of sp³-hybridized carbons (Fsp3) is 0.600. The number of aliphatic hydroxyl groups is 1. The standard InChI is InChI=1S/C15H23ClN2O/c1-11(2)17-8-13-3-4-14(16)7-15(13)18-6-5-12(9-18)10-19/h3-4,7,11-12,17,19H,5-6,8-10H2,1-2H3. The van der Waals surface area contributed by atoms with Gasteiger partial charge in [-0.15, -0.1) is 0 Å². The van der Waals surface area contributed by atoms with E-state index in [-0.39, 0.29) is 6.61 Å². The van der Waals surface area contributed by atoms with Gasteiger partial charge in [0.25, 0.3) is 0 Å². The summed E-state index contributed by atoms with van der Waals surface area (Å²) in [6.45, 7) is 7.34. The highest BCUT2D eigenvalue weighted by molar-refractivity contribution is 6.30. The lowest BCUT2D eigenvalue weighted by Gasteiger charge is -2.23. The van der Waals surface area contributed by atoms with Crippen molar-refractivity contribution in [1.82, 2.24) is 5.32 Å². The van der Waals surface area contributed by atoms with Crippen LogP contribution < -0.4 is 10.2 Å². The highest BCUT2D eigenvalue weighted by atomic mass is 35.5. The van der Waals surface area contributed by atoms with Crippen LogP contribution in [0.2, 0.25) is 5.02 Å². The molecule has 2 N–H and O–H groups in total. The molecule has 2 rings (SSSR count). The summed E-state index contributed by atoms with van der Waals surface area (Å²) < 4.78 is 0. The molecule has 3 nitrogen and oxygen atoms in total. The molecule has 106 valence electrons. The zero-order valence-corrected chi connectivity index (χ0v) is 12.5. The third-order valence-corrected chi connectivity index (χ3v) is 3.87. The van der Waals surface area contributed by atoms with Crippen LogP contribution in [0.5, 0.6) is 0 Å². The van der Waals surface area contributed by atoms with Crippen molar-refractivity contribution in [3.63, 3.8) is 0 Å². The molecule has 1 aliphatic heterocycles. The zero-order valence-electron chi connectivity index (χ0n) is 11.7. The minimum absolute atomic E-state index is 0.274. The average Bonchev–Trinajstić information content (AvgIpc) is 2.85.